The van der Waals surface area contributed by atoms with Crippen LogP contribution >= 0.6 is 0 Å². The number of fused-ring (bicyclic) bond motifs is 8. The van der Waals surface area contributed by atoms with Crippen molar-refractivity contribution in [2.45, 2.75) is 103 Å². The van der Waals surface area contributed by atoms with Crippen LogP contribution in [0, 0.1) is 0 Å². The second-order valence-electron chi connectivity index (χ2n) is 25.7. The molecule has 2 N–H and O–H groups in total. The zero-order chi connectivity index (χ0) is 58.1. The lowest BCUT2D eigenvalue weighted by molar-refractivity contribution is 0.923. The van der Waals surface area contributed by atoms with Gasteiger partial charge in [0.1, 0.15) is 0 Å². The predicted molar refractivity (Wildman–Crippen MR) is 366 cm³/mol. The summed E-state index contributed by atoms with van der Waals surface area (Å²) >= 11 is 0. The van der Waals surface area contributed by atoms with E-state index in [1.807, 2.05) is 0 Å². The molecule has 24 bridgehead atoms. The van der Waals surface area contributed by atoms with E-state index < -0.39 is 0 Å². The average molecular weight is 1140 g/mol. The van der Waals surface area contributed by atoms with E-state index in [1.165, 1.54) is 111 Å². The van der Waals surface area contributed by atoms with Gasteiger partial charge in [-0.25, -0.2) is 9.97 Å². The molecule has 29 rings (SSSR count). The lowest BCUT2D eigenvalue weighted by Gasteiger charge is -2.17. The first kappa shape index (κ1) is 52.7. The minimum Gasteiger partial charge on any atom is -0.354 e. The summed E-state index contributed by atoms with van der Waals surface area (Å²) in [6.45, 7) is 0. The standard InChI is InChI=1S/C84H70N4/c1-9-57-10-2-53(1)17-21-61-29-37-65(33-25-57)69(49-61)81-73-41-43-75(85-73)82(70-50-62-22-18-54-3-11-58(12-4-54)26-34-66(70)38-30-62)77-45-47-79(87-77)84(72-52-64-24-20-56-7-15-60(16-8-56)28-36-68(72)40-32-64)80-48-46-78(88-80)83(76-44-42-74(81)86-76)71-51-63-23-19-55-5-13-59(14-6-55)27-35-67(71)39-31-63/h1-16,29-32,37-52,85,88H,17-28,33-36H2. The summed E-state index contributed by atoms with van der Waals surface area (Å²) in [5.41, 5.74) is 39.3. The maximum atomic E-state index is 6.00. The molecule has 16 aliphatic carbocycles. The summed E-state index contributed by atoms with van der Waals surface area (Å²) in [5, 5.41) is 0. The highest BCUT2D eigenvalue weighted by Crippen LogP contribution is 2.43. The number of aromatic amines is 2. The summed E-state index contributed by atoms with van der Waals surface area (Å²) in [6, 6.07) is 76.1. The Morgan fingerprint density at radius 2 is 0.375 bits per heavy atom. The summed E-state index contributed by atoms with van der Waals surface area (Å²) in [6.07, 6.45) is 24.5. The molecule has 0 saturated heterocycles. The molecule has 0 spiro atoms. The van der Waals surface area contributed by atoms with Crippen LogP contribution < -0.4 is 0 Å². The fraction of sp³-hybridized carbons (Fsp3) is 0.190. The highest BCUT2D eigenvalue weighted by molar-refractivity contribution is 6.01. The molecule has 18 aliphatic rings. The molecule has 88 heavy (non-hydrogen) atoms. The monoisotopic (exact) mass is 1130 g/mol. The number of nitrogens with one attached hydrogen (secondary N) is 2. The molecule has 426 valence electrons. The van der Waals surface area contributed by atoms with Crippen LogP contribution in [0.3, 0.4) is 0 Å². The lowest BCUT2D eigenvalue weighted by Crippen LogP contribution is -2.02. The van der Waals surface area contributed by atoms with E-state index in [0.717, 1.165) is 170 Å². The molecule has 11 aromatic rings. The minimum atomic E-state index is 0.910. The van der Waals surface area contributed by atoms with Crippen molar-refractivity contribution in [2.75, 3.05) is 0 Å². The van der Waals surface area contributed by atoms with Crippen LogP contribution in [0.5, 0.6) is 0 Å². The number of hydrogen-bond acceptors (Lipinski definition) is 2. The van der Waals surface area contributed by atoms with Crippen molar-refractivity contribution >= 4 is 46.4 Å². The number of hydrogen-bond donors (Lipinski definition) is 2. The Kier molecular flexibility index (Phi) is 13.3. The van der Waals surface area contributed by atoms with Gasteiger partial charge in [-0.15, -0.1) is 0 Å². The maximum Gasteiger partial charge on any atom is 0.0737 e. The molecule has 0 saturated carbocycles. The zero-order valence-electron chi connectivity index (χ0n) is 50.0. The van der Waals surface area contributed by atoms with Gasteiger partial charge >= 0.3 is 0 Å². The largest absolute Gasteiger partial charge is 0.354 e. The SMILES string of the molecule is C1=Cc2nc1c(-c1cc3ccc1CCc1ccc(cc1)CC3)c1ccc([nH]1)c(-c1cc3ccc1CCc1ccc(cc1)CC3)c1nc(c(-c3cc4ccc3CCc3ccc(cc3)CC4)c3ccc([nH]3)c2-c2cc3ccc2CCc2ccc(cc2)CC3)C=C1. The molecule has 3 aromatic heterocycles. The summed E-state index contributed by atoms with van der Waals surface area (Å²) in [4.78, 5) is 20.5. The molecule has 8 aromatic carbocycles. The van der Waals surface area contributed by atoms with Crippen LogP contribution in [0.4, 0.5) is 0 Å². The summed E-state index contributed by atoms with van der Waals surface area (Å²) < 4.78 is 0. The minimum absolute atomic E-state index is 0.910. The maximum absolute atomic E-state index is 6.00. The lowest BCUT2D eigenvalue weighted by atomic mass is 9.89. The third kappa shape index (κ3) is 10.2. The number of aromatic nitrogens is 4. The van der Waals surface area contributed by atoms with Crippen molar-refractivity contribution < 1.29 is 0 Å². The molecule has 0 unspecified atom stereocenters. The molecule has 0 radical (unpaired) electrons. The predicted octanol–water partition coefficient (Wildman–Crippen LogP) is 18.9. The first-order valence-corrected chi connectivity index (χ1v) is 32.4. The second-order valence-corrected chi connectivity index (χ2v) is 25.7. The Balaban J connectivity index is 0.975. The third-order valence-electron chi connectivity index (χ3n) is 20.2. The van der Waals surface area contributed by atoms with E-state index in [4.69, 9.17) is 9.97 Å². The number of H-pyrrole nitrogens is 2. The van der Waals surface area contributed by atoms with Crippen LogP contribution in [-0.4, -0.2) is 19.9 Å². The van der Waals surface area contributed by atoms with Gasteiger partial charge in [-0.2, -0.15) is 0 Å². The summed E-state index contributed by atoms with van der Waals surface area (Å²) in [5.74, 6) is 0. The smallest absolute Gasteiger partial charge is 0.0737 e. The van der Waals surface area contributed by atoms with Crippen molar-refractivity contribution in [3.05, 3.63) is 306 Å². The fourth-order valence-electron chi connectivity index (χ4n) is 15.0. The van der Waals surface area contributed by atoms with Crippen LogP contribution in [0.25, 0.3) is 90.9 Å². The molecule has 4 nitrogen and oxygen atoms in total. The quantitative estimate of drug-likeness (QED) is 0.184. The summed E-state index contributed by atoms with van der Waals surface area (Å²) in [7, 11) is 0. The van der Waals surface area contributed by atoms with E-state index in [1.54, 1.807) is 0 Å². The molecular formula is C84H70N4. The first-order chi connectivity index (χ1) is 43.5. The van der Waals surface area contributed by atoms with Gasteiger partial charge in [0.2, 0.25) is 0 Å². The topological polar surface area (TPSA) is 57.4 Å². The third-order valence-corrected chi connectivity index (χ3v) is 20.2. The van der Waals surface area contributed by atoms with Gasteiger partial charge in [0.25, 0.3) is 0 Å². The second kappa shape index (κ2) is 22.3. The Hall–Kier alpha value is -9.64. The van der Waals surface area contributed by atoms with Crippen LogP contribution in [-0.2, 0) is 103 Å². The van der Waals surface area contributed by atoms with Crippen molar-refractivity contribution in [3.8, 4) is 44.5 Å². The van der Waals surface area contributed by atoms with Gasteiger partial charge in [-0.1, -0.05) is 170 Å². The Morgan fingerprint density at radius 3 is 0.591 bits per heavy atom. The van der Waals surface area contributed by atoms with Gasteiger partial charge in [0.15, 0.2) is 0 Å². The Morgan fingerprint density at radius 1 is 0.193 bits per heavy atom. The molecule has 4 heteroatoms. The molecule has 2 aliphatic heterocycles. The van der Waals surface area contributed by atoms with E-state index in [9.17, 15) is 0 Å². The van der Waals surface area contributed by atoms with E-state index in [0.29, 0.717) is 0 Å². The fourth-order valence-corrected chi connectivity index (χ4v) is 15.0. The molecule has 0 atom stereocenters. The van der Waals surface area contributed by atoms with Crippen molar-refractivity contribution in [2.24, 2.45) is 0 Å². The number of nitrogens with zero attached hydrogens (tertiary/aromatic N) is 2. The number of rotatable bonds is 4. The van der Waals surface area contributed by atoms with Crippen LogP contribution in [0.2, 0.25) is 0 Å². The normalized spacial score (nSPS) is 14.9. The van der Waals surface area contributed by atoms with Crippen molar-refractivity contribution in [1.82, 2.24) is 19.9 Å². The van der Waals surface area contributed by atoms with E-state index in [2.05, 4.69) is 228 Å². The highest BCUT2D eigenvalue weighted by Gasteiger charge is 2.25. The highest BCUT2D eigenvalue weighted by atomic mass is 14.8. The molecule has 5 heterocycles. The van der Waals surface area contributed by atoms with Crippen LogP contribution in [0.1, 0.15) is 112 Å². The number of aryl methyl sites for hydroxylation is 16. The van der Waals surface area contributed by atoms with Gasteiger partial charge in [-0.05, 0) is 263 Å². The molecule has 0 amide bonds. The van der Waals surface area contributed by atoms with Gasteiger partial charge < -0.3 is 9.97 Å². The van der Waals surface area contributed by atoms with Gasteiger partial charge in [0, 0.05) is 44.3 Å². The zero-order valence-corrected chi connectivity index (χ0v) is 50.0. The number of benzene rings is 8. The Labute approximate surface area is 516 Å². The molecular weight excluding hydrogens is 1060 g/mol. The van der Waals surface area contributed by atoms with Crippen molar-refractivity contribution in [3.63, 3.8) is 0 Å². The first-order valence-electron chi connectivity index (χ1n) is 32.4. The molecule has 0 fully saturated rings. The van der Waals surface area contributed by atoms with Gasteiger partial charge in [0.05, 0.1) is 22.8 Å². The van der Waals surface area contributed by atoms with Crippen molar-refractivity contribution in [1.29, 1.82) is 0 Å². The van der Waals surface area contributed by atoms with E-state index in [-0.39, 0.29) is 0 Å². The Bertz CT molecular complexity index is 4210. The van der Waals surface area contributed by atoms with Gasteiger partial charge in [-0.3, -0.25) is 0 Å². The van der Waals surface area contributed by atoms with Crippen LogP contribution in [0.15, 0.2) is 194 Å². The average Bonchev–Trinajstić information content (AvgIpc) is 3.04. The van der Waals surface area contributed by atoms with E-state index >= 15 is 0 Å².